The Bertz CT molecular complexity index is 817. The van der Waals surface area contributed by atoms with Gasteiger partial charge in [-0.1, -0.05) is 36.0 Å². The van der Waals surface area contributed by atoms with E-state index in [-0.39, 0.29) is 11.1 Å². The fourth-order valence-electron chi connectivity index (χ4n) is 3.60. The van der Waals surface area contributed by atoms with Crippen molar-refractivity contribution in [3.8, 4) is 0 Å². The van der Waals surface area contributed by atoms with Gasteiger partial charge in [-0.15, -0.1) is 0 Å². The summed E-state index contributed by atoms with van der Waals surface area (Å²) in [6.07, 6.45) is 0. The predicted octanol–water partition coefficient (Wildman–Crippen LogP) is 4.09. The topological polar surface area (TPSA) is 48.8 Å². The molecule has 4 rings (SSSR count). The summed E-state index contributed by atoms with van der Waals surface area (Å²) in [4.78, 5) is 11.7. The Balaban J connectivity index is 1.47. The first-order valence-electron chi connectivity index (χ1n) is 9.34. The van der Waals surface area contributed by atoms with Gasteiger partial charge in [0.1, 0.15) is 0 Å². The second-order valence-corrected chi connectivity index (χ2v) is 9.23. The van der Waals surface area contributed by atoms with Gasteiger partial charge < -0.3 is 0 Å². The maximum absolute atomic E-state index is 4.61. The average molecular weight is 379 g/mol. The van der Waals surface area contributed by atoms with Crippen molar-refractivity contribution in [3.63, 3.8) is 0 Å². The lowest BCUT2D eigenvalue weighted by Crippen LogP contribution is -2.41. The van der Waals surface area contributed by atoms with E-state index in [0.717, 1.165) is 11.4 Å². The minimum atomic E-state index is -0.0594. The van der Waals surface area contributed by atoms with Crippen LogP contribution in [0, 0.1) is 0 Å². The molecule has 140 valence electrons. The Morgan fingerprint density at radius 2 is 1.04 bits per heavy atom. The predicted molar refractivity (Wildman–Crippen MR) is 114 cm³/mol. The van der Waals surface area contributed by atoms with Crippen LogP contribution in [0.3, 0.4) is 0 Å². The van der Waals surface area contributed by atoms with E-state index in [0.29, 0.717) is 13.3 Å². The smallest absolute Gasteiger partial charge is 0.0895 e. The van der Waals surface area contributed by atoms with Crippen molar-refractivity contribution < 1.29 is 0 Å². The fourth-order valence-corrected chi connectivity index (χ4v) is 4.41. The highest BCUT2D eigenvalue weighted by Gasteiger charge is 2.30. The second-order valence-electron chi connectivity index (χ2n) is 8.08. The van der Waals surface area contributed by atoms with Crippen LogP contribution in [-0.4, -0.2) is 35.8 Å². The van der Waals surface area contributed by atoms with Crippen molar-refractivity contribution in [2.45, 2.75) is 48.6 Å². The molecular weight excluding hydrogens is 352 g/mol. The van der Waals surface area contributed by atoms with Crippen molar-refractivity contribution >= 4 is 23.2 Å². The van der Waals surface area contributed by atoms with E-state index in [1.165, 1.54) is 20.9 Å². The SMILES string of the molecule is CC1(C)NCN=C1c1ccc(Sc2ccc(C3=NCNC3(C)C)cc2)cc1. The Kier molecular flexibility index (Phi) is 4.70. The van der Waals surface area contributed by atoms with E-state index in [2.05, 4.69) is 96.8 Å². The zero-order valence-electron chi connectivity index (χ0n) is 16.3. The molecule has 27 heavy (non-hydrogen) atoms. The minimum absolute atomic E-state index is 0.0594. The van der Waals surface area contributed by atoms with Crippen molar-refractivity contribution in [2.24, 2.45) is 9.98 Å². The summed E-state index contributed by atoms with van der Waals surface area (Å²) in [5.74, 6) is 0. The summed E-state index contributed by atoms with van der Waals surface area (Å²) in [5.41, 5.74) is 4.54. The van der Waals surface area contributed by atoms with Gasteiger partial charge >= 0.3 is 0 Å². The maximum atomic E-state index is 4.61. The van der Waals surface area contributed by atoms with Gasteiger partial charge in [-0.2, -0.15) is 0 Å². The normalized spacial score (nSPS) is 20.4. The molecule has 0 atom stereocenters. The number of benzene rings is 2. The lowest BCUT2D eigenvalue weighted by Gasteiger charge is -2.21. The Morgan fingerprint density at radius 3 is 1.33 bits per heavy atom. The van der Waals surface area contributed by atoms with Gasteiger partial charge in [0.25, 0.3) is 0 Å². The van der Waals surface area contributed by atoms with Crippen LogP contribution in [0.15, 0.2) is 68.3 Å². The summed E-state index contributed by atoms with van der Waals surface area (Å²) in [6.45, 7) is 10.1. The molecule has 0 amide bonds. The van der Waals surface area contributed by atoms with E-state index in [4.69, 9.17) is 0 Å². The molecule has 2 N–H and O–H groups in total. The molecule has 0 aliphatic carbocycles. The van der Waals surface area contributed by atoms with Gasteiger partial charge in [0.05, 0.1) is 35.8 Å². The largest absolute Gasteiger partial charge is 0.288 e. The highest BCUT2D eigenvalue weighted by atomic mass is 32.2. The fraction of sp³-hybridized carbons (Fsp3) is 0.364. The summed E-state index contributed by atoms with van der Waals surface area (Å²) < 4.78 is 0. The van der Waals surface area contributed by atoms with Gasteiger partial charge in [-0.3, -0.25) is 20.6 Å². The molecule has 4 nitrogen and oxygen atoms in total. The standard InChI is InChI=1S/C22H26N4S/c1-21(2)19(23-13-25-21)15-5-9-17(10-6-15)27-18-11-7-16(8-12-18)20-22(3,4)26-14-24-20/h5-12,25-26H,13-14H2,1-4H3. The van der Waals surface area contributed by atoms with Crippen LogP contribution in [0.1, 0.15) is 38.8 Å². The molecule has 0 bridgehead atoms. The third-order valence-corrected chi connectivity index (χ3v) is 6.21. The number of aliphatic imine (C=N–C) groups is 2. The molecule has 0 fully saturated rings. The van der Waals surface area contributed by atoms with Crippen LogP contribution < -0.4 is 10.6 Å². The number of nitrogens with zero attached hydrogens (tertiary/aromatic N) is 2. The zero-order valence-corrected chi connectivity index (χ0v) is 17.2. The first-order valence-corrected chi connectivity index (χ1v) is 10.2. The third-order valence-electron chi connectivity index (χ3n) is 5.19. The van der Waals surface area contributed by atoms with Gasteiger partial charge in [-0.05, 0) is 63.1 Å². The minimum Gasteiger partial charge on any atom is -0.288 e. The van der Waals surface area contributed by atoms with Gasteiger partial charge in [0.2, 0.25) is 0 Å². The molecule has 2 aromatic carbocycles. The summed E-state index contributed by atoms with van der Waals surface area (Å²) >= 11 is 1.78. The molecule has 0 unspecified atom stereocenters. The molecule has 0 aromatic heterocycles. The molecule has 2 aliphatic rings. The van der Waals surface area contributed by atoms with Crippen LogP contribution in [0.5, 0.6) is 0 Å². The molecule has 0 saturated carbocycles. The van der Waals surface area contributed by atoms with E-state index < -0.39 is 0 Å². The van der Waals surface area contributed by atoms with Crippen molar-refractivity contribution in [3.05, 3.63) is 59.7 Å². The first-order chi connectivity index (χ1) is 12.9. The van der Waals surface area contributed by atoms with Crippen LogP contribution >= 0.6 is 11.8 Å². The molecular formula is C22H26N4S. The lowest BCUT2D eigenvalue weighted by molar-refractivity contribution is 0.556. The molecule has 2 aromatic rings. The maximum Gasteiger partial charge on any atom is 0.0895 e. The quantitative estimate of drug-likeness (QED) is 0.842. The number of nitrogens with one attached hydrogen (secondary N) is 2. The van der Waals surface area contributed by atoms with Gasteiger partial charge in [0, 0.05) is 9.79 Å². The Labute approximate surface area is 165 Å². The average Bonchev–Trinajstić information content (AvgIpc) is 3.17. The van der Waals surface area contributed by atoms with Crippen LogP contribution in [0.4, 0.5) is 0 Å². The van der Waals surface area contributed by atoms with E-state index in [9.17, 15) is 0 Å². The molecule has 5 heteroatoms. The van der Waals surface area contributed by atoms with E-state index >= 15 is 0 Å². The molecule has 2 aliphatic heterocycles. The lowest BCUT2D eigenvalue weighted by atomic mass is 9.93. The van der Waals surface area contributed by atoms with Gasteiger partial charge in [-0.25, -0.2) is 0 Å². The van der Waals surface area contributed by atoms with Crippen molar-refractivity contribution in [1.29, 1.82) is 0 Å². The van der Waals surface area contributed by atoms with E-state index in [1.807, 2.05) is 0 Å². The van der Waals surface area contributed by atoms with E-state index in [1.54, 1.807) is 11.8 Å². The Morgan fingerprint density at radius 1 is 0.667 bits per heavy atom. The van der Waals surface area contributed by atoms with Crippen LogP contribution in [0.25, 0.3) is 0 Å². The van der Waals surface area contributed by atoms with Crippen LogP contribution in [0.2, 0.25) is 0 Å². The first kappa shape index (κ1) is 18.4. The number of hydrogen-bond donors (Lipinski definition) is 2. The second kappa shape index (κ2) is 6.89. The van der Waals surface area contributed by atoms with Crippen molar-refractivity contribution in [2.75, 3.05) is 13.3 Å². The molecule has 0 radical (unpaired) electrons. The number of rotatable bonds is 4. The highest BCUT2D eigenvalue weighted by Crippen LogP contribution is 2.30. The molecule has 0 spiro atoms. The number of hydrogen-bond acceptors (Lipinski definition) is 5. The summed E-state index contributed by atoms with van der Waals surface area (Å²) in [5, 5.41) is 6.82. The molecule has 2 heterocycles. The summed E-state index contributed by atoms with van der Waals surface area (Å²) in [6, 6.07) is 17.4. The monoisotopic (exact) mass is 378 g/mol. The summed E-state index contributed by atoms with van der Waals surface area (Å²) in [7, 11) is 0. The molecule has 0 saturated heterocycles. The van der Waals surface area contributed by atoms with Gasteiger partial charge in [0.15, 0.2) is 0 Å². The zero-order chi connectivity index (χ0) is 19.1. The Hall–Kier alpha value is -1.95. The van der Waals surface area contributed by atoms with Crippen molar-refractivity contribution in [1.82, 2.24) is 10.6 Å². The third kappa shape index (κ3) is 3.72. The van der Waals surface area contributed by atoms with Crippen LogP contribution in [-0.2, 0) is 0 Å². The highest BCUT2D eigenvalue weighted by molar-refractivity contribution is 7.99.